The second kappa shape index (κ2) is 8.54. The van der Waals surface area contributed by atoms with Crippen molar-refractivity contribution in [3.8, 4) is 0 Å². The number of carbonyl (C=O) groups is 2. The first-order valence-corrected chi connectivity index (χ1v) is 7.50. The highest BCUT2D eigenvalue weighted by Crippen LogP contribution is 2.11. The van der Waals surface area contributed by atoms with E-state index in [-0.39, 0.29) is 11.9 Å². The maximum atomic E-state index is 11.9. The Morgan fingerprint density at radius 3 is 2.39 bits per heavy atom. The van der Waals surface area contributed by atoms with Gasteiger partial charge in [0, 0.05) is 11.8 Å². The van der Waals surface area contributed by atoms with Crippen molar-refractivity contribution in [1.82, 2.24) is 0 Å². The van der Waals surface area contributed by atoms with Crippen molar-refractivity contribution in [1.29, 1.82) is 0 Å². The van der Waals surface area contributed by atoms with E-state index in [9.17, 15) is 9.59 Å². The number of hydrogen-bond acceptors (Lipinski definition) is 3. The molecule has 0 fully saturated rings. The Morgan fingerprint density at radius 2 is 1.74 bits per heavy atom. The second-order valence-corrected chi connectivity index (χ2v) is 4.95. The molecule has 2 rings (SSSR count). The lowest BCUT2D eigenvalue weighted by Gasteiger charge is -2.05. The van der Waals surface area contributed by atoms with Crippen LogP contribution in [0.4, 0.5) is 5.69 Å². The highest BCUT2D eigenvalue weighted by molar-refractivity contribution is 6.02. The monoisotopic (exact) mass is 309 g/mol. The number of anilines is 1. The van der Waals surface area contributed by atoms with E-state index in [1.54, 1.807) is 30.3 Å². The molecule has 4 heteroatoms. The second-order valence-electron chi connectivity index (χ2n) is 4.95. The van der Waals surface area contributed by atoms with Gasteiger partial charge in [0.1, 0.15) is 0 Å². The van der Waals surface area contributed by atoms with Crippen molar-refractivity contribution < 1.29 is 14.3 Å². The Labute approximate surface area is 135 Å². The molecule has 0 aliphatic carbocycles. The van der Waals surface area contributed by atoms with Crippen LogP contribution in [0.2, 0.25) is 0 Å². The van der Waals surface area contributed by atoms with Crippen LogP contribution in [0.25, 0.3) is 6.08 Å². The standard InChI is InChI=1S/C19H19NO3/c1-2-14-23-19(22)16-9-11-17(12-10-16)20-18(21)13-8-15-6-4-3-5-7-15/h3-13H,2,14H2,1H3,(H,20,21)/b13-8-. The molecule has 0 heterocycles. The summed E-state index contributed by atoms with van der Waals surface area (Å²) >= 11 is 0. The molecule has 0 spiro atoms. The minimum Gasteiger partial charge on any atom is -0.462 e. The highest BCUT2D eigenvalue weighted by Gasteiger charge is 2.06. The van der Waals surface area contributed by atoms with E-state index in [0.717, 1.165) is 12.0 Å². The molecule has 0 bridgehead atoms. The molecule has 0 saturated heterocycles. The number of hydrogen-bond donors (Lipinski definition) is 1. The topological polar surface area (TPSA) is 55.4 Å². The number of carbonyl (C=O) groups excluding carboxylic acids is 2. The fraction of sp³-hybridized carbons (Fsp3) is 0.158. The van der Waals surface area contributed by atoms with Crippen molar-refractivity contribution >= 4 is 23.6 Å². The summed E-state index contributed by atoms with van der Waals surface area (Å²) in [6.45, 7) is 2.34. The summed E-state index contributed by atoms with van der Waals surface area (Å²) in [6, 6.07) is 16.2. The molecule has 1 amide bonds. The fourth-order valence-electron chi connectivity index (χ4n) is 1.89. The summed E-state index contributed by atoms with van der Waals surface area (Å²) in [6.07, 6.45) is 4.00. The molecular weight excluding hydrogens is 290 g/mol. The molecule has 1 N–H and O–H groups in total. The molecule has 0 unspecified atom stereocenters. The Morgan fingerprint density at radius 1 is 1.04 bits per heavy atom. The first kappa shape index (κ1) is 16.5. The van der Waals surface area contributed by atoms with Gasteiger partial charge in [0.2, 0.25) is 5.91 Å². The van der Waals surface area contributed by atoms with E-state index < -0.39 is 0 Å². The van der Waals surface area contributed by atoms with Crippen molar-refractivity contribution in [2.24, 2.45) is 0 Å². The normalized spacial score (nSPS) is 10.5. The van der Waals surface area contributed by atoms with Gasteiger partial charge in [-0.15, -0.1) is 0 Å². The van der Waals surface area contributed by atoms with Gasteiger partial charge in [-0.1, -0.05) is 37.3 Å². The largest absolute Gasteiger partial charge is 0.462 e. The zero-order valence-electron chi connectivity index (χ0n) is 13.0. The molecular formula is C19H19NO3. The Kier molecular flexibility index (Phi) is 6.12. The van der Waals surface area contributed by atoms with E-state index in [4.69, 9.17) is 4.74 Å². The molecule has 2 aromatic carbocycles. The SMILES string of the molecule is CCCOC(=O)c1ccc(NC(=O)/C=C\c2ccccc2)cc1. The summed E-state index contributed by atoms with van der Waals surface area (Å²) in [7, 11) is 0. The maximum absolute atomic E-state index is 11.9. The lowest BCUT2D eigenvalue weighted by atomic mass is 10.2. The van der Waals surface area contributed by atoms with Gasteiger partial charge < -0.3 is 10.1 Å². The third kappa shape index (κ3) is 5.43. The lowest BCUT2D eigenvalue weighted by molar-refractivity contribution is -0.111. The van der Waals surface area contributed by atoms with Crippen LogP contribution in [-0.2, 0) is 9.53 Å². The van der Waals surface area contributed by atoms with Crippen LogP contribution in [0.1, 0.15) is 29.3 Å². The Bertz CT molecular complexity index is 676. The van der Waals surface area contributed by atoms with Crippen LogP contribution in [0, 0.1) is 0 Å². The number of ether oxygens (including phenoxy) is 1. The van der Waals surface area contributed by atoms with Gasteiger partial charge in [-0.05, 0) is 42.3 Å². The highest BCUT2D eigenvalue weighted by atomic mass is 16.5. The number of benzene rings is 2. The number of rotatable bonds is 6. The van der Waals surface area contributed by atoms with Crippen LogP contribution < -0.4 is 5.32 Å². The van der Waals surface area contributed by atoms with E-state index >= 15 is 0 Å². The number of amides is 1. The fourth-order valence-corrected chi connectivity index (χ4v) is 1.89. The minimum atomic E-state index is -0.353. The van der Waals surface area contributed by atoms with E-state index in [0.29, 0.717) is 17.9 Å². The van der Waals surface area contributed by atoms with E-state index in [1.165, 1.54) is 6.08 Å². The van der Waals surface area contributed by atoms with Crippen molar-refractivity contribution in [3.05, 3.63) is 71.8 Å². The first-order valence-electron chi connectivity index (χ1n) is 7.50. The first-order chi connectivity index (χ1) is 11.2. The van der Waals surface area contributed by atoms with Gasteiger partial charge in [-0.3, -0.25) is 4.79 Å². The van der Waals surface area contributed by atoms with Crippen molar-refractivity contribution in [3.63, 3.8) is 0 Å². The zero-order chi connectivity index (χ0) is 16.5. The molecule has 0 aliphatic heterocycles. The van der Waals surface area contributed by atoms with Crippen molar-refractivity contribution in [2.75, 3.05) is 11.9 Å². The smallest absolute Gasteiger partial charge is 0.338 e. The average Bonchev–Trinajstić information content (AvgIpc) is 2.59. The number of nitrogens with one attached hydrogen (secondary N) is 1. The van der Waals surface area contributed by atoms with Gasteiger partial charge >= 0.3 is 5.97 Å². The zero-order valence-corrected chi connectivity index (χ0v) is 13.0. The Balaban J connectivity index is 1.91. The lowest BCUT2D eigenvalue weighted by Crippen LogP contribution is -2.09. The molecule has 23 heavy (non-hydrogen) atoms. The molecule has 2 aromatic rings. The summed E-state index contributed by atoms with van der Waals surface area (Å²) in [5.41, 5.74) is 2.05. The Hall–Kier alpha value is -2.88. The van der Waals surface area contributed by atoms with Crippen LogP contribution >= 0.6 is 0 Å². The van der Waals surface area contributed by atoms with E-state index in [2.05, 4.69) is 5.32 Å². The van der Waals surface area contributed by atoms with Gasteiger partial charge in [0.25, 0.3) is 0 Å². The molecule has 0 aliphatic rings. The molecule has 118 valence electrons. The molecule has 0 saturated carbocycles. The summed E-state index contributed by atoms with van der Waals surface area (Å²) in [4.78, 5) is 23.5. The summed E-state index contributed by atoms with van der Waals surface area (Å²) in [5.74, 6) is -0.580. The molecule has 0 atom stereocenters. The van der Waals surface area contributed by atoms with Crippen LogP contribution in [0.5, 0.6) is 0 Å². The third-order valence-corrected chi connectivity index (χ3v) is 3.05. The third-order valence-electron chi connectivity index (χ3n) is 3.05. The number of esters is 1. The summed E-state index contributed by atoms with van der Waals surface area (Å²) in [5, 5.41) is 2.74. The van der Waals surface area contributed by atoms with Gasteiger partial charge in [-0.25, -0.2) is 4.79 Å². The van der Waals surface area contributed by atoms with Gasteiger partial charge in [-0.2, -0.15) is 0 Å². The van der Waals surface area contributed by atoms with Crippen molar-refractivity contribution in [2.45, 2.75) is 13.3 Å². The average molecular weight is 309 g/mol. The van der Waals surface area contributed by atoms with Crippen LogP contribution in [-0.4, -0.2) is 18.5 Å². The van der Waals surface area contributed by atoms with Gasteiger partial charge in [0.05, 0.1) is 12.2 Å². The van der Waals surface area contributed by atoms with Gasteiger partial charge in [0.15, 0.2) is 0 Å². The van der Waals surface area contributed by atoms with Crippen LogP contribution in [0.3, 0.4) is 0 Å². The molecule has 0 radical (unpaired) electrons. The predicted octanol–water partition coefficient (Wildman–Crippen LogP) is 3.91. The molecule has 0 aromatic heterocycles. The maximum Gasteiger partial charge on any atom is 0.338 e. The summed E-state index contributed by atoms with van der Waals surface area (Å²) < 4.78 is 5.05. The van der Waals surface area contributed by atoms with E-state index in [1.807, 2.05) is 37.3 Å². The molecule has 4 nitrogen and oxygen atoms in total. The van der Waals surface area contributed by atoms with Crippen LogP contribution in [0.15, 0.2) is 60.7 Å². The minimum absolute atomic E-state index is 0.227. The predicted molar refractivity (Wildman–Crippen MR) is 91.1 cm³/mol. The quantitative estimate of drug-likeness (QED) is 0.650.